The molecule has 0 spiro atoms. The van der Waals surface area contributed by atoms with Gasteiger partial charge in [0, 0.05) is 11.6 Å². The summed E-state index contributed by atoms with van der Waals surface area (Å²) in [5.41, 5.74) is -2.00. The minimum absolute atomic E-state index is 0.162. The Morgan fingerprint density at radius 3 is 2.33 bits per heavy atom. The summed E-state index contributed by atoms with van der Waals surface area (Å²) in [6.07, 6.45) is -2.93. The third-order valence-corrected chi connectivity index (χ3v) is 5.76. The number of carbonyl (C=O) groups is 1. The summed E-state index contributed by atoms with van der Waals surface area (Å²) < 4.78 is 40.8. The Kier molecular flexibility index (Phi) is 4.25. The second-order valence-electron chi connectivity index (χ2n) is 7.40. The number of fused-ring (bicyclic) bond motifs is 1. The molecule has 1 aromatic carbocycles. The van der Waals surface area contributed by atoms with E-state index in [2.05, 4.69) is 27.6 Å². The topological polar surface area (TPSA) is 78.0 Å². The number of hydrogen-bond donors (Lipinski definition) is 3. The van der Waals surface area contributed by atoms with Gasteiger partial charge in [0.25, 0.3) is 0 Å². The molecular formula is C19H20F3N3O2. The summed E-state index contributed by atoms with van der Waals surface area (Å²) in [5.74, 6) is -0.896. The molecule has 1 saturated carbocycles. The van der Waals surface area contributed by atoms with E-state index < -0.39 is 24.1 Å². The molecule has 2 heterocycles. The first-order chi connectivity index (χ1) is 12.8. The predicted octanol–water partition coefficient (Wildman–Crippen LogP) is 3.94. The molecule has 8 heteroatoms. The molecular weight excluding hydrogens is 359 g/mol. The van der Waals surface area contributed by atoms with Crippen LogP contribution in [0.25, 0.3) is 0 Å². The van der Waals surface area contributed by atoms with E-state index in [-0.39, 0.29) is 23.0 Å². The van der Waals surface area contributed by atoms with Crippen molar-refractivity contribution in [3.63, 3.8) is 0 Å². The number of aromatic amines is 1. The number of anilines is 1. The van der Waals surface area contributed by atoms with Gasteiger partial charge in [0.1, 0.15) is 0 Å². The summed E-state index contributed by atoms with van der Waals surface area (Å²) in [6.45, 7) is 0. The van der Waals surface area contributed by atoms with Gasteiger partial charge >= 0.3 is 6.18 Å². The van der Waals surface area contributed by atoms with Crippen molar-refractivity contribution in [3.05, 3.63) is 47.2 Å². The maximum absolute atomic E-state index is 13.6. The highest BCUT2D eigenvalue weighted by Gasteiger charge is 2.61. The van der Waals surface area contributed by atoms with Crippen LogP contribution < -0.4 is 5.32 Å². The molecule has 1 unspecified atom stereocenters. The zero-order chi connectivity index (χ0) is 19.2. The van der Waals surface area contributed by atoms with Crippen molar-refractivity contribution in [2.75, 3.05) is 5.32 Å². The summed E-state index contributed by atoms with van der Waals surface area (Å²) in [4.78, 5) is 11.6. The Bertz CT molecular complexity index is 842. The molecule has 5 nitrogen and oxygen atoms in total. The fourth-order valence-corrected chi connectivity index (χ4v) is 4.34. The number of alkyl halides is 3. The number of benzene rings is 1. The number of nitrogens with zero attached hydrogens (tertiary/aromatic N) is 1. The standard InChI is InChI=1S/C19H20F3N3O2/c20-19(21,22)18(27)10-14(26)23-17-15(18)16(24-25-17)13-8-6-12(7-9-13)11-4-2-1-3-5-11/h1-5,12-13,27H,6-10H2,(H2,23,24,25,26). The molecule has 3 N–H and O–H groups in total. The van der Waals surface area contributed by atoms with E-state index in [0.29, 0.717) is 18.8 Å². The van der Waals surface area contributed by atoms with Gasteiger partial charge in [-0.15, -0.1) is 0 Å². The SMILES string of the molecule is O=C1CC(O)(C(F)(F)F)c2c(n[nH]c2C2CCC(c3ccccc3)CC2)N1. The first-order valence-corrected chi connectivity index (χ1v) is 9.02. The van der Waals surface area contributed by atoms with Crippen LogP contribution in [0.2, 0.25) is 0 Å². The third-order valence-electron chi connectivity index (χ3n) is 5.76. The molecule has 0 bridgehead atoms. The van der Waals surface area contributed by atoms with E-state index in [0.717, 1.165) is 12.8 Å². The van der Waals surface area contributed by atoms with Gasteiger partial charge in [-0.3, -0.25) is 9.89 Å². The Hall–Kier alpha value is -2.35. The van der Waals surface area contributed by atoms with Crippen molar-refractivity contribution in [2.45, 2.75) is 55.7 Å². The van der Waals surface area contributed by atoms with Gasteiger partial charge in [0.2, 0.25) is 5.91 Å². The molecule has 1 atom stereocenters. The third kappa shape index (κ3) is 3.01. The van der Waals surface area contributed by atoms with Gasteiger partial charge in [-0.25, -0.2) is 0 Å². The maximum Gasteiger partial charge on any atom is 0.422 e. The van der Waals surface area contributed by atoms with Gasteiger partial charge in [0.15, 0.2) is 11.4 Å². The van der Waals surface area contributed by atoms with Crippen LogP contribution in [0.15, 0.2) is 30.3 Å². The minimum Gasteiger partial charge on any atom is -0.376 e. The predicted molar refractivity (Wildman–Crippen MR) is 92.2 cm³/mol. The van der Waals surface area contributed by atoms with Gasteiger partial charge in [0.05, 0.1) is 12.0 Å². The average molecular weight is 379 g/mol. The molecule has 1 aliphatic heterocycles. The fourth-order valence-electron chi connectivity index (χ4n) is 4.34. The summed E-state index contributed by atoms with van der Waals surface area (Å²) in [7, 11) is 0. The lowest BCUT2D eigenvalue weighted by atomic mass is 9.74. The van der Waals surface area contributed by atoms with Crippen LogP contribution in [0.5, 0.6) is 0 Å². The molecule has 27 heavy (non-hydrogen) atoms. The van der Waals surface area contributed by atoms with Gasteiger partial charge < -0.3 is 10.4 Å². The van der Waals surface area contributed by atoms with E-state index in [9.17, 15) is 23.1 Å². The lowest BCUT2D eigenvalue weighted by Gasteiger charge is -2.36. The highest BCUT2D eigenvalue weighted by atomic mass is 19.4. The number of hydrogen-bond acceptors (Lipinski definition) is 3. The van der Waals surface area contributed by atoms with Crippen molar-refractivity contribution in [2.24, 2.45) is 0 Å². The van der Waals surface area contributed by atoms with Crippen LogP contribution in [0.4, 0.5) is 19.0 Å². The molecule has 2 aromatic rings. The highest BCUT2D eigenvalue weighted by molar-refractivity contribution is 5.94. The molecule has 1 aromatic heterocycles. The zero-order valence-electron chi connectivity index (χ0n) is 14.5. The Morgan fingerprint density at radius 1 is 1.07 bits per heavy atom. The van der Waals surface area contributed by atoms with Crippen molar-refractivity contribution >= 4 is 11.7 Å². The van der Waals surface area contributed by atoms with E-state index in [1.165, 1.54) is 5.56 Å². The number of nitrogens with one attached hydrogen (secondary N) is 2. The van der Waals surface area contributed by atoms with E-state index in [1.54, 1.807) is 0 Å². The number of H-pyrrole nitrogens is 1. The van der Waals surface area contributed by atoms with Crippen LogP contribution in [0.1, 0.15) is 60.8 Å². The highest BCUT2D eigenvalue weighted by Crippen LogP contribution is 2.51. The quantitative estimate of drug-likeness (QED) is 0.740. The smallest absolute Gasteiger partial charge is 0.376 e. The van der Waals surface area contributed by atoms with Crippen LogP contribution in [-0.4, -0.2) is 27.4 Å². The molecule has 1 aliphatic carbocycles. The average Bonchev–Trinajstić information content (AvgIpc) is 3.06. The fraction of sp³-hybridized carbons (Fsp3) is 0.474. The molecule has 4 rings (SSSR count). The summed E-state index contributed by atoms with van der Waals surface area (Å²) >= 11 is 0. The second-order valence-corrected chi connectivity index (χ2v) is 7.40. The number of aromatic nitrogens is 2. The molecule has 0 saturated heterocycles. The van der Waals surface area contributed by atoms with E-state index in [1.807, 2.05) is 18.2 Å². The molecule has 1 amide bonds. The Balaban J connectivity index is 1.61. The summed E-state index contributed by atoms with van der Waals surface area (Å²) in [6, 6.07) is 10.1. The maximum atomic E-state index is 13.6. The minimum atomic E-state index is -4.96. The summed E-state index contributed by atoms with van der Waals surface area (Å²) in [5, 5.41) is 19.3. The van der Waals surface area contributed by atoms with Gasteiger partial charge in [-0.2, -0.15) is 18.3 Å². The van der Waals surface area contributed by atoms with Gasteiger partial charge in [-0.05, 0) is 37.2 Å². The van der Waals surface area contributed by atoms with Crippen molar-refractivity contribution in [3.8, 4) is 0 Å². The van der Waals surface area contributed by atoms with Crippen molar-refractivity contribution < 1.29 is 23.1 Å². The molecule has 2 aliphatic rings. The number of amides is 1. The Morgan fingerprint density at radius 2 is 1.70 bits per heavy atom. The number of carbonyl (C=O) groups excluding carboxylic acids is 1. The van der Waals surface area contributed by atoms with Crippen LogP contribution in [0, 0.1) is 0 Å². The lowest BCUT2D eigenvalue weighted by molar-refractivity contribution is -0.267. The van der Waals surface area contributed by atoms with Crippen molar-refractivity contribution in [1.29, 1.82) is 0 Å². The van der Waals surface area contributed by atoms with E-state index >= 15 is 0 Å². The van der Waals surface area contributed by atoms with Crippen LogP contribution in [0.3, 0.4) is 0 Å². The molecule has 144 valence electrons. The largest absolute Gasteiger partial charge is 0.422 e. The van der Waals surface area contributed by atoms with Crippen LogP contribution in [-0.2, 0) is 10.4 Å². The number of aliphatic hydroxyl groups is 1. The molecule has 0 radical (unpaired) electrons. The zero-order valence-corrected chi connectivity index (χ0v) is 14.5. The molecule has 1 fully saturated rings. The van der Waals surface area contributed by atoms with Crippen molar-refractivity contribution in [1.82, 2.24) is 10.2 Å². The second kappa shape index (κ2) is 6.37. The first kappa shape index (κ1) is 18.0. The van der Waals surface area contributed by atoms with Gasteiger partial charge in [-0.1, -0.05) is 30.3 Å². The van der Waals surface area contributed by atoms with E-state index in [4.69, 9.17) is 0 Å². The lowest BCUT2D eigenvalue weighted by Crippen LogP contribution is -2.48. The normalized spacial score (nSPS) is 28.5. The number of rotatable bonds is 2. The van der Waals surface area contributed by atoms with Crippen LogP contribution >= 0.6 is 0 Å². The number of halogens is 3. The first-order valence-electron chi connectivity index (χ1n) is 9.02. The monoisotopic (exact) mass is 379 g/mol. The Labute approximate surface area is 154 Å².